The van der Waals surface area contributed by atoms with Crippen LogP contribution in [0.15, 0.2) is 48.5 Å². The zero-order valence-electron chi connectivity index (χ0n) is 13.1. The third-order valence-corrected chi connectivity index (χ3v) is 4.19. The Morgan fingerprint density at radius 2 is 1.77 bits per heavy atom. The smallest absolute Gasteiger partial charge is 0.288 e. The van der Waals surface area contributed by atoms with Crippen LogP contribution in [0.25, 0.3) is 0 Å². The molecular weight excluding hydrogens is 373 g/mol. The molecule has 0 aliphatic carbocycles. The largest absolute Gasteiger partial charge is 0.416 e. The van der Waals surface area contributed by atoms with Gasteiger partial charge < -0.3 is 0 Å². The number of hydrogen-bond donors (Lipinski definition) is 1. The lowest BCUT2D eigenvalue weighted by Crippen LogP contribution is -2.40. The third kappa shape index (κ3) is 3.38. The number of amides is 2. The monoisotopic (exact) mass is 384 g/mol. The SMILES string of the molecule is O=C1CC(N(O)c2ccc(Cl)cc2)C(=O)N1c1cccc(C(F)(F)F)c1. The molecule has 3 rings (SSSR count). The summed E-state index contributed by atoms with van der Waals surface area (Å²) in [6.07, 6.45) is -4.97. The molecule has 1 N–H and O–H groups in total. The molecule has 0 spiro atoms. The van der Waals surface area contributed by atoms with Crippen LogP contribution in [0.1, 0.15) is 12.0 Å². The van der Waals surface area contributed by atoms with Gasteiger partial charge in [-0.3, -0.25) is 14.8 Å². The summed E-state index contributed by atoms with van der Waals surface area (Å²) in [5.74, 6) is -1.51. The van der Waals surface area contributed by atoms with E-state index in [1.807, 2.05) is 0 Å². The second kappa shape index (κ2) is 6.62. The highest BCUT2D eigenvalue weighted by atomic mass is 35.5. The molecule has 2 aromatic rings. The fraction of sp³-hybridized carbons (Fsp3) is 0.176. The highest BCUT2D eigenvalue weighted by Crippen LogP contribution is 2.34. The van der Waals surface area contributed by atoms with Crippen LogP contribution in [0, 0.1) is 0 Å². The molecule has 0 aromatic heterocycles. The average molecular weight is 385 g/mol. The lowest BCUT2D eigenvalue weighted by molar-refractivity contribution is -0.137. The maximum Gasteiger partial charge on any atom is 0.416 e. The zero-order valence-corrected chi connectivity index (χ0v) is 13.8. The van der Waals surface area contributed by atoms with Gasteiger partial charge in [-0.05, 0) is 42.5 Å². The van der Waals surface area contributed by atoms with Crippen LogP contribution in [-0.2, 0) is 15.8 Å². The van der Waals surface area contributed by atoms with E-state index < -0.39 is 29.6 Å². The second-order valence-corrected chi connectivity index (χ2v) is 6.09. The Morgan fingerprint density at radius 1 is 1.12 bits per heavy atom. The molecule has 0 saturated carbocycles. The van der Waals surface area contributed by atoms with Crippen LogP contribution >= 0.6 is 11.6 Å². The van der Waals surface area contributed by atoms with Crippen molar-refractivity contribution in [2.24, 2.45) is 0 Å². The molecule has 1 unspecified atom stereocenters. The van der Waals surface area contributed by atoms with Crippen molar-refractivity contribution in [3.8, 4) is 0 Å². The summed E-state index contributed by atoms with van der Waals surface area (Å²) < 4.78 is 38.6. The van der Waals surface area contributed by atoms with Crippen LogP contribution in [0.5, 0.6) is 0 Å². The molecule has 1 aliphatic rings. The number of benzene rings is 2. The predicted molar refractivity (Wildman–Crippen MR) is 88.1 cm³/mol. The Labute approximate surface area is 151 Å². The topological polar surface area (TPSA) is 60.9 Å². The first-order valence-electron chi connectivity index (χ1n) is 7.46. The van der Waals surface area contributed by atoms with Crippen molar-refractivity contribution in [1.29, 1.82) is 0 Å². The molecule has 2 aromatic carbocycles. The number of hydrogen-bond acceptors (Lipinski definition) is 4. The normalized spacial score (nSPS) is 17.7. The molecule has 2 amide bonds. The number of imide groups is 1. The molecule has 136 valence electrons. The maximum atomic E-state index is 12.9. The third-order valence-electron chi connectivity index (χ3n) is 3.94. The summed E-state index contributed by atoms with van der Waals surface area (Å²) in [6.45, 7) is 0. The van der Waals surface area contributed by atoms with Gasteiger partial charge in [0.25, 0.3) is 5.91 Å². The van der Waals surface area contributed by atoms with E-state index in [2.05, 4.69) is 0 Å². The number of carbonyl (C=O) groups excluding carboxylic acids is 2. The predicted octanol–water partition coefficient (Wildman–Crippen LogP) is 3.89. The Morgan fingerprint density at radius 3 is 2.38 bits per heavy atom. The lowest BCUT2D eigenvalue weighted by Gasteiger charge is -2.23. The summed E-state index contributed by atoms with van der Waals surface area (Å²) in [5.41, 5.74) is -0.939. The Kier molecular flexibility index (Phi) is 4.64. The number of halogens is 4. The van der Waals surface area contributed by atoms with Crippen LogP contribution < -0.4 is 9.96 Å². The van der Waals surface area contributed by atoms with Crippen molar-refractivity contribution in [3.63, 3.8) is 0 Å². The van der Waals surface area contributed by atoms with Gasteiger partial charge in [0.15, 0.2) is 0 Å². The number of anilines is 2. The van der Waals surface area contributed by atoms with Gasteiger partial charge in [0.05, 0.1) is 23.4 Å². The number of nitrogens with zero attached hydrogens (tertiary/aromatic N) is 2. The first-order valence-corrected chi connectivity index (χ1v) is 7.84. The fourth-order valence-electron chi connectivity index (χ4n) is 2.67. The quantitative estimate of drug-likeness (QED) is 0.644. The number of rotatable bonds is 3. The Balaban J connectivity index is 1.89. The molecular formula is C17H12ClF3N2O3. The van der Waals surface area contributed by atoms with E-state index in [9.17, 15) is 28.0 Å². The van der Waals surface area contributed by atoms with Crippen molar-refractivity contribution in [2.45, 2.75) is 18.6 Å². The fourth-order valence-corrected chi connectivity index (χ4v) is 2.80. The first-order chi connectivity index (χ1) is 12.2. The standard InChI is InChI=1S/C17H12ClF3N2O3/c18-11-4-6-12(7-5-11)23(26)14-9-15(24)22(16(14)25)13-3-1-2-10(8-13)17(19,20)21/h1-8,14,26H,9H2. The van der Waals surface area contributed by atoms with Crippen molar-refractivity contribution < 1.29 is 28.0 Å². The number of carbonyl (C=O) groups is 2. The molecule has 9 heteroatoms. The minimum Gasteiger partial charge on any atom is -0.288 e. The average Bonchev–Trinajstić information content (AvgIpc) is 2.89. The van der Waals surface area contributed by atoms with Gasteiger partial charge in [-0.15, -0.1) is 0 Å². The van der Waals surface area contributed by atoms with E-state index in [1.165, 1.54) is 30.3 Å². The van der Waals surface area contributed by atoms with Gasteiger partial charge in [0, 0.05) is 5.02 Å². The van der Waals surface area contributed by atoms with E-state index in [1.54, 1.807) is 0 Å². The molecule has 1 aliphatic heterocycles. The molecule has 1 atom stereocenters. The molecule has 1 fully saturated rings. The number of hydroxylamine groups is 1. The van der Waals surface area contributed by atoms with Gasteiger partial charge in [-0.25, -0.2) is 9.96 Å². The van der Waals surface area contributed by atoms with Crippen molar-refractivity contribution >= 4 is 34.8 Å². The van der Waals surface area contributed by atoms with Crippen molar-refractivity contribution in [1.82, 2.24) is 0 Å². The van der Waals surface area contributed by atoms with E-state index >= 15 is 0 Å². The summed E-state index contributed by atoms with van der Waals surface area (Å²) in [4.78, 5) is 25.4. The van der Waals surface area contributed by atoms with Crippen LogP contribution in [0.2, 0.25) is 5.02 Å². The van der Waals surface area contributed by atoms with Crippen molar-refractivity contribution in [3.05, 3.63) is 59.1 Å². The van der Waals surface area contributed by atoms with E-state index in [0.717, 1.165) is 18.2 Å². The molecule has 0 bridgehead atoms. The molecule has 26 heavy (non-hydrogen) atoms. The summed E-state index contributed by atoms with van der Waals surface area (Å²) in [6, 6.07) is 8.57. The molecule has 0 radical (unpaired) electrons. The summed E-state index contributed by atoms with van der Waals surface area (Å²) >= 11 is 5.76. The molecule has 5 nitrogen and oxygen atoms in total. The Bertz CT molecular complexity index is 855. The van der Waals surface area contributed by atoms with Crippen molar-refractivity contribution in [2.75, 3.05) is 9.96 Å². The van der Waals surface area contributed by atoms with E-state index in [-0.39, 0.29) is 17.8 Å². The van der Waals surface area contributed by atoms with E-state index in [4.69, 9.17) is 11.6 Å². The lowest BCUT2D eigenvalue weighted by atomic mass is 10.2. The van der Waals surface area contributed by atoms with Gasteiger partial charge in [0.2, 0.25) is 5.91 Å². The minimum absolute atomic E-state index is 0.193. The summed E-state index contributed by atoms with van der Waals surface area (Å²) in [5, 5.41) is 11.3. The van der Waals surface area contributed by atoms with Gasteiger partial charge >= 0.3 is 6.18 Å². The van der Waals surface area contributed by atoms with E-state index in [0.29, 0.717) is 15.0 Å². The number of alkyl halides is 3. The zero-order chi connectivity index (χ0) is 19.1. The maximum absolute atomic E-state index is 12.9. The minimum atomic E-state index is -4.60. The molecule has 1 saturated heterocycles. The van der Waals surface area contributed by atoms with Crippen LogP contribution in [0.4, 0.5) is 24.5 Å². The Hall–Kier alpha value is -2.58. The highest BCUT2D eigenvalue weighted by molar-refractivity contribution is 6.30. The first kappa shape index (κ1) is 18.2. The molecule has 1 heterocycles. The van der Waals surface area contributed by atoms with Gasteiger partial charge in [-0.1, -0.05) is 17.7 Å². The highest BCUT2D eigenvalue weighted by Gasteiger charge is 2.43. The second-order valence-electron chi connectivity index (χ2n) is 5.66. The van der Waals surface area contributed by atoms with Gasteiger partial charge in [-0.2, -0.15) is 13.2 Å². The summed E-state index contributed by atoms with van der Waals surface area (Å²) in [7, 11) is 0. The van der Waals surface area contributed by atoms with Crippen LogP contribution in [-0.4, -0.2) is 23.1 Å². The van der Waals surface area contributed by atoms with Crippen LogP contribution in [0.3, 0.4) is 0 Å². The van der Waals surface area contributed by atoms with Gasteiger partial charge in [0.1, 0.15) is 6.04 Å².